The smallest absolute Gasteiger partial charge is 0.250 e. The second kappa shape index (κ2) is 5.80. The average Bonchev–Trinajstić information content (AvgIpc) is 3.17. The van der Waals surface area contributed by atoms with Gasteiger partial charge in [0.05, 0.1) is 6.26 Å². The zero-order valence-corrected chi connectivity index (χ0v) is 12.0. The van der Waals surface area contributed by atoms with Crippen molar-refractivity contribution >= 4 is 28.5 Å². The van der Waals surface area contributed by atoms with Crippen molar-refractivity contribution in [3.05, 3.63) is 53.5 Å². The minimum Gasteiger partial charge on any atom is -0.465 e. The van der Waals surface area contributed by atoms with E-state index in [1.54, 1.807) is 24.5 Å². The summed E-state index contributed by atoms with van der Waals surface area (Å²) >= 11 is 1.34. The molecule has 3 heterocycles. The van der Waals surface area contributed by atoms with Crippen molar-refractivity contribution < 1.29 is 13.6 Å². The molecule has 21 heavy (non-hydrogen) atoms. The van der Waals surface area contributed by atoms with Crippen molar-refractivity contribution in [3.8, 4) is 11.5 Å². The van der Waals surface area contributed by atoms with Crippen LogP contribution in [0.1, 0.15) is 11.5 Å². The van der Waals surface area contributed by atoms with Gasteiger partial charge in [-0.05, 0) is 37.3 Å². The van der Waals surface area contributed by atoms with Crippen molar-refractivity contribution in [2.75, 3.05) is 5.32 Å². The van der Waals surface area contributed by atoms with Gasteiger partial charge in [0.15, 0.2) is 10.9 Å². The number of carbonyl (C=O) groups is 1. The van der Waals surface area contributed by atoms with E-state index < -0.39 is 0 Å². The van der Waals surface area contributed by atoms with Crippen LogP contribution in [0.2, 0.25) is 0 Å². The average molecular weight is 300 g/mol. The van der Waals surface area contributed by atoms with E-state index in [0.29, 0.717) is 22.3 Å². The third-order valence-corrected chi connectivity index (χ3v) is 3.43. The highest BCUT2D eigenvalue weighted by molar-refractivity contribution is 7.14. The van der Waals surface area contributed by atoms with Crippen molar-refractivity contribution in [3.63, 3.8) is 0 Å². The Hall–Kier alpha value is -2.60. The summed E-state index contributed by atoms with van der Waals surface area (Å²) in [5.41, 5.74) is 0.707. The second-order valence-corrected chi connectivity index (χ2v) is 5.14. The monoisotopic (exact) mass is 300 g/mol. The van der Waals surface area contributed by atoms with Crippen LogP contribution in [0, 0.1) is 6.92 Å². The van der Waals surface area contributed by atoms with Gasteiger partial charge in [0.25, 0.3) is 0 Å². The first-order valence-electron chi connectivity index (χ1n) is 6.25. The number of anilines is 1. The third kappa shape index (κ3) is 3.29. The fourth-order valence-corrected chi connectivity index (χ4v) is 2.41. The predicted octanol–water partition coefficient (Wildman–Crippen LogP) is 3.96. The number of rotatable bonds is 4. The van der Waals surface area contributed by atoms with Gasteiger partial charge in [-0.2, -0.15) is 0 Å². The van der Waals surface area contributed by atoms with E-state index in [2.05, 4.69) is 10.3 Å². The maximum absolute atomic E-state index is 11.8. The van der Waals surface area contributed by atoms with Gasteiger partial charge in [0.2, 0.25) is 5.91 Å². The summed E-state index contributed by atoms with van der Waals surface area (Å²) in [6, 6.07) is 7.26. The minimum absolute atomic E-state index is 0.261. The van der Waals surface area contributed by atoms with Crippen LogP contribution in [0.15, 0.2) is 50.8 Å². The summed E-state index contributed by atoms with van der Waals surface area (Å²) in [6.07, 6.45) is 4.55. The summed E-state index contributed by atoms with van der Waals surface area (Å²) in [4.78, 5) is 16.1. The molecule has 0 saturated carbocycles. The van der Waals surface area contributed by atoms with Gasteiger partial charge < -0.3 is 8.83 Å². The molecular formula is C15H12N2O3S. The molecule has 3 aromatic heterocycles. The summed E-state index contributed by atoms with van der Waals surface area (Å²) < 4.78 is 10.6. The number of amides is 1. The maximum Gasteiger partial charge on any atom is 0.250 e. The van der Waals surface area contributed by atoms with Crippen LogP contribution >= 0.6 is 11.3 Å². The molecule has 1 amide bonds. The molecule has 5 nitrogen and oxygen atoms in total. The Morgan fingerprint density at radius 2 is 2.29 bits per heavy atom. The molecule has 0 bridgehead atoms. The first-order valence-corrected chi connectivity index (χ1v) is 7.13. The van der Waals surface area contributed by atoms with Gasteiger partial charge in [0.1, 0.15) is 17.2 Å². The van der Waals surface area contributed by atoms with Crippen LogP contribution in [0.5, 0.6) is 0 Å². The number of furan rings is 2. The van der Waals surface area contributed by atoms with Gasteiger partial charge >= 0.3 is 0 Å². The normalized spacial score (nSPS) is 11.1. The molecule has 106 valence electrons. The number of aryl methyl sites for hydroxylation is 1. The lowest BCUT2D eigenvalue weighted by Crippen LogP contribution is -2.07. The predicted molar refractivity (Wildman–Crippen MR) is 80.9 cm³/mol. The Morgan fingerprint density at radius 3 is 3.00 bits per heavy atom. The van der Waals surface area contributed by atoms with Crippen LogP contribution < -0.4 is 5.32 Å². The van der Waals surface area contributed by atoms with Crippen LogP contribution in [0.4, 0.5) is 5.13 Å². The van der Waals surface area contributed by atoms with Crippen molar-refractivity contribution in [1.29, 1.82) is 0 Å². The molecule has 0 saturated heterocycles. The summed E-state index contributed by atoms with van der Waals surface area (Å²) in [6.45, 7) is 1.87. The fraction of sp³-hybridized carbons (Fsp3) is 0.0667. The van der Waals surface area contributed by atoms with Crippen LogP contribution in [-0.2, 0) is 4.79 Å². The maximum atomic E-state index is 11.8. The lowest BCUT2D eigenvalue weighted by molar-refractivity contribution is -0.111. The molecule has 0 aliphatic carbocycles. The van der Waals surface area contributed by atoms with Crippen LogP contribution in [-0.4, -0.2) is 10.9 Å². The number of aromatic nitrogens is 1. The molecule has 6 heteroatoms. The highest BCUT2D eigenvalue weighted by atomic mass is 32.1. The van der Waals surface area contributed by atoms with E-state index in [1.807, 2.05) is 24.4 Å². The molecule has 0 spiro atoms. The van der Waals surface area contributed by atoms with E-state index in [4.69, 9.17) is 8.83 Å². The van der Waals surface area contributed by atoms with Gasteiger partial charge in [0, 0.05) is 11.5 Å². The van der Waals surface area contributed by atoms with Gasteiger partial charge in [-0.15, -0.1) is 11.3 Å². The molecule has 3 aromatic rings. The van der Waals surface area contributed by atoms with Crippen LogP contribution in [0.3, 0.4) is 0 Å². The van der Waals surface area contributed by atoms with Crippen LogP contribution in [0.25, 0.3) is 17.5 Å². The molecule has 3 rings (SSSR count). The first kappa shape index (κ1) is 13.4. The van der Waals surface area contributed by atoms with Gasteiger partial charge in [-0.25, -0.2) is 4.98 Å². The first-order chi connectivity index (χ1) is 10.2. The van der Waals surface area contributed by atoms with Gasteiger partial charge in [-0.1, -0.05) is 0 Å². The zero-order chi connectivity index (χ0) is 14.7. The molecule has 0 aliphatic rings. The SMILES string of the molecule is Cc1ccc(-c2csc(NC(=O)/C=C/c3ccco3)n2)o1. The van der Waals surface area contributed by atoms with E-state index in [1.165, 1.54) is 17.4 Å². The molecule has 0 radical (unpaired) electrons. The number of thiazole rings is 1. The molecular weight excluding hydrogens is 288 g/mol. The molecule has 0 unspecified atom stereocenters. The van der Waals surface area contributed by atoms with Crippen molar-refractivity contribution in [2.24, 2.45) is 0 Å². The van der Waals surface area contributed by atoms with Gasteiger partial charge in [-0.3, -0.25) is 10.1 Å². The van der Waals surface area contributed by atoms with E-state index in [-0.39, 0.29) is 5.91 Å². The fourth-order valence-electron chi connectivity index (χ4n) is 1.71. The number of nitrogens with one attached hydrogen (secondary N) is 1. The standard InChI is InChI=1S/C15H12N2O3S/c1-10-4-6-13(20-10)12-9-21-15(16-12)17-14(18)7-5-11-3-2-8-19-11/h2-9H,1H3,(H,16,17,18)/b7-5+. The second-order valence-electron chi connectivity index (χ2n) is 4.29. The third-order valence-electron chi connectivity index (χ3n) is 2.67. The summed E-state index contributed by atoms with van der Waals surface area (Å²) in [7, 11) is 0. The lowest BCUT2D eigenvalue weighted by Gasteiger charge is -1.95. The molecule has 1 N–H and O–H groups in total. The Labute approximate surface area is 124 Å². The van der Waals surface area contributed by atoms with E-state index in [9.17, 15) is 4.79 Å². The molecule has 0 atom stereocenters. The summed E-state index contributed by atoms with van der Waals surface area (Å²) in [5, 5.41) is 5.06. The highest BCUT2D eigenvalue weighted by Crippen LogP contribution is 2.26. The quantitative estimate of drug-likeness (QED) is 0.741. The molecule has 0 fully saturated rings. The summed E-state index contributed by atoms with van der Waals surface area (Å²) in [5.74, 6) is 1.87. The zero-order valence-electron chi connectivity index (χ0n) is 11.2. The number of hydrogen-bond acceptors (Lipinski definition) is 5. The number of nitrogens with zero attached hydrogens (tertiary/aromatic N) is 1. The van der Waals surface area contributed by atoms with Crippen molar-refractivity contribution in [2.45, 2.75) is 6.92 Å². The Balaban J connectivity index is 1.65. The topological polar surface area (TPSA) is 68.3 Å². The Morgan fingerprint density at radius 1 is 1.38 bits per heavy atom. The number of hydrogen-bond donors (Lipinski definition) is 1. The molecule has 0 aliphatic heterocycles. The Bertz CT molecular complexity index is 769. The molecule has 0 aromatic carbocycles. The number of carbonyl (C=O) groups excluding carboxylic acids is 1. The highest BCUT2D eigenvalue weighted by Gasteiger charge is 2.09. The lowest BCUT2D eigenvalue weighted by atomic mass is 10.4. The Kier molecular flexibility index (Phi) is 3.70. The minimum atomic E-state index is -0.261. The largest absolute Gasteiger partial charge is 0.465 e. The van der Waals surface area contributed by atoms with E-state index in [0.717, 1.165) is 5.76 Å². The van der Waals surface area contributed by atoms with E-state index >= 15 is 0 Å². The van der Waals surface area contributed by atoms with Crippen molar-refractivity contribution in [1.82, 2.24) is 4.98 Å².